The number of nitrogens with zero attached hydrogens (tertiary/aromatic N) is 2. The molecule has 0 unspecified atom stereocenters. The van der Waals surface area contributed by atoms with E-state index < -0.39 is 0 Å². The smallest absolute Gasteiger partial charge is 0.250 e. The lowest BCUT2D eigenvalue weighted by molar-refractivity contribution is 0.188. The van der Waals surface area contributed by atoms with Crippen molar-refractivity contribution in [1.82, 2.24) is 14.9 Å². The first-order valence-electron chi connectivity index (χ1n) is 8.36. The lowest BCUT2D eigenvalue weighted by atomic mass is 9.94. The number of hydrogen-bond acceptors (Lipinski definition) is 4. The maximum Gasteiger partial charge on any atom is 0.250 e. The molecule has 0 aliphatic carbocycles. The Morgan fingerprint density at radius 1 is 1.33 bits per heavy atom. The Labute approximate surface area is 140 Å². The van der Waals surface area contributed by atoms with Gasteiger partial charge in [0.15, 0.2) is 0 Å². The van der Waals surface area contributed by atoms with E-state index in [0.717, 1.165) is 44.6 Å². The van der Waals surface area contributed by atoms with Gasteiger partial charge in [-0.1, -0.05) is 0 Å². The molecule has 1 aliphatic rings. The van der Waals surface area contributed by atoms with Gasteiger partial charge >= 0.3 is 0 Å². The van der Waals surface area contributed by atoms with Crippen LogP contribution in [0.25, 0.3) is 0 Å². The van der Waals surface area contributed by atoms with Gasteiger partial charge in [-0.15, -0.1) is 0 Å². The van der Waals surface area contributed by atoms with Crippen molar-refractivity contribution in [3.05, 3.63) is 58.5 Å². The van der Waals surface area contributed by atoms with Gasteiger partial charge in [0, 0.05) is 25.1 Å². The number of nitrogens with one attached hydrogen (secondary N) is 1. The predicted molar refractivity (Wildman–Crippen MR) is 89.8 cm³/mol. The molecule has 0 saturated carbocycles. The third-order valence-corrected chi connectivity index (χ3v) is 4.32. The molecule has 1 atom stereocenters. The van der Waals surface area contributed by atoms with E-state index in [0.29, 0.717) is 18.3 Å². The summed E-state index contributed by atoms with van der Waals surface area (Å²) in [6.07, 6.45) is 4.57. The molecule has 24 heavy (non-hydrogen) atoms. The molecule has 2 aromatic rings. The Morgan fingerprint density at radius 3 is 2.96 bits per heavy atom. The summed E-state index contributed by atoms with van der Waals surface area (Å²) in [5, 5.41) is 0. The van der Waals surface area contributed by atoms with Gasteiger partial charge in [0.05, 0.1) is 18.6 Å². The molecule has 1 aromatic heterocycles. The van der Waals surface area contributed by atoms with Crippen LogP contribution >= 0.6 is 0 Å². The molecular formula is C18H22FN3O2. The number of rotatable bonds is 6. The van der Waals surface area contributed by atoms with E-state index in [1.54, 1.807) is 18.2 Å². The zero-order valence-electron chi connectivity index (χ0n) is 13.6. The van der Waals surface area contributed by atoms with Gasteiger partial charge in [-0.05, 0) is 50.1 Å². The van der Waals surface area contributed by atoms with Crippen LogP contribution < -0.4 is 10.3 Å². The lowest BCUT2D eigenvalue weighted by Crippen LogP contribution is -2.36. The highest BCUT2D eigenvalue weighted by Crippen LogP contribution is 2.24. The zero-order chi connectivity index (χ0) is 16.8. The van der Waals surface area contributed by atoms with Gasteiger partial charge in [0.25, 0.3) is 5.56 Å². The van der Waals surface area contributed by atoms with Crippen LogP contribution in [0.2, 0.25) is 0 Å². The molecule has 0 amide bonds. The first-order valence-corrected chi connectivity index (χ1v) is 8.36. The Bertz CT molecular complexity index is 702. The molecule has 6 heteroatoms. The fourth-order valence-electron chi connectivity index (χ4n) is 3.12. The van der Waals surface area contributed by atoms with E-state index >= 15 is 0 Å². The first kappa shape index (κ1) is 16.6. The van der Waals surface area contributed by atoms with Crippen LogP contribution in [0, 0.1) is 5.82 Å². The maximum absolute atomic E-state index is 12.8. The van der Waals surface area contributed by atoms with Crippen LogP contribution in [0.1, 0.15) is 30.9 Å². The molecule has 2 heterocycles. The quantitative estimate of drug-likeness (QED) is 0.827. The summed E-state index contributed by atoms with van der Waals surface area (Å²) in [6.45, 7) is 3.54. The second kappa shape index (κ2) is 8.06. The van der Waals surface area contributed by atoms with Crippen molar-refractivity contribution in [1.29, 1.82) is 0 Å². The molecule has 0 radical (unpaired) electrons. The number of aromatic amines is 1. The van der Waals surface area contributed by atoms with Gasteiger partial charge in [-0.25, -0.2) is 9.37 Å². The predicted octanol–water partition coefficient (Wildman–Crippen LogP) is 2.56. The Hall–Kier alpha value is -2.21. The van der Waals surface area contributed by atoms with Gasteiger partial charge < -0.3 is 14.6 Å². The minimum Gasteiger partial charge on any atom is -0.494 e. The standard InChI is InChI=1S/C18H22FN3O2/c19-15-4-6-16(7-5-15)24-10-2-9-22-8-1-3-14(12-22)17-11-18(23)21-13-20-17/h4-7,11,13-14H,1-3,8-10,12H2,(H,20,21,23)/t14-/m1/s1. The molecule has 1 aromatic carbocycles. The fraction of sp³-hybridized carbons (Fsp3) is 0.444. The molecule has 128 valence electrons. The summed E-state index contributed by atoms with van der Waals surface area (Å²) in [6, 6.07) is 7.69. The lowest BCUT2D eigenvalue weighted by Gasteiger charge is -2.32. The summed E-state index contributed by atoms with van der Waals surface area (Å²) in [4.78, 5) is 20.7. The van der Waals surface area contributed by atoms with E-state index in [2.05, 4.69) is 14.9 Å². The van der Waals surface area contributed by atoms with Crippen molar-refractivity contribution in [3.8, 4) is 5.75 Å². The largest absolute Gasteiger partial charge is 0.494 e. The monoisotopic (exact) mass is 331 g/mol. The second-order valence-corrected chi connectivity index (χ2v) is 6.13. The van der Waals surface area contributed by atoms with Crippen molar-refractivity contribution >= 4 is 0 Å². The number of hydrogen-bond donors (Lipinski definition) is 1. The summed E-state index contributed by atoms with van der Waals surface area (Å²) in [5.74, 6) is 0.759. The number of likely N-dealkylation sites (tertiary alicyclic amines) is 1. The van der Waals surface area contributed by atoms with Crippen LogP contribution in [0.4, 0.5) is 4.39 Å². The highest BCUT2D eigenvalue weighted by molar-refractivity contribution is 5.21. The van der Waals surface area contributed by atoms with Crippen molar-refractivity contribution in [2.24, 2.45) is 0 Å². The number of halogens is 1. The Balaban J connectivity index is 1.44. The number of H-pyrrole nitrogens is 1. The van der Waals surface area contributed by atoms with Gasteiger partial charge in [0.1, 0.15) is 11.6 Å². The SMILES string of the molecule is O=c1cc([C@@H]2CCCN(CCCOc3ccc(F)cc3)C2)nc[nH]1. The minimum atomic E-state index is -0.255. The molecule has 1 fully saturated rings. The van der Waals surface area contributed by atoms with E-state index in [-0.39, 0.29) is 11.4 Å². The normalized spacial score (nSPS) is 18.5. The summed E-state index contributed by atoms with van der Waals surface area (Å²) < 4.78 is 18.5. The number of ether oxygens (including phenoxy) is 1. The molecule has 1 aliphatic heterocycles. The fourth-order valence-corrected chi connectivity index (χ4v) is 3.12. The molecule has 1 saturated heterocycles. The van der Waals surface area contributed by atoms with Gasteiger partial charge in [-0.2, -0.15) is 0 Å². The van der Waals surface area contributed by atoms with Crippen molar-refractivity contribution in [2.75, 3.05) is 26.2 Å². The average Bonchev–Trinajstić information content (AvgIpc) is 2.61. The van der Waals surface area contributed by atoms with Gasteiger partial charge in [-0.3, -0.25) is 4.79 Å². The second-order valence-electron chi connectivity index (χ2n) is 6.13. The van der Waals surface area contributed by atoms with Crippen LogP contribution in [0.5, 0.6) is 5.75 Å². The van der Waals surface area contributed by atoms with E-state index in [1.165, 1.54) is 18.5 Å². The molecule has 1 N–H and O–H groups in total. The zero-order valence-corrected chi connectivity index (χ0v) is 13.6. The van der Waals surface area contributed by atoms with Crippen LogP contribution in [-0.4, -0.2) is 41.1 Å². The first-order chi connectivity index (χ1) is 11.7. The Kier molecular flexibility index (Phi) is 5.59. The topological polar surface area (TPSA) is 58.2 Å². The van der Waals surface area contributed by atoms with Crippen molar-refractivity contribution in [2.45, 2.75) is 25.2 Å². The number of piperidine rings is 1. The third kappa shape index (κ3) is 4.64. The van der Waals surface area contributed by atoms with Gasteiger partial charge in [0.2, 0.25) is 0 Å². The average molecular weight is 331 g/mol. The number of benzene rings is 1. The molecule has 5 nitrogen and oxygen atoms in total. The minimum absolute atomic E-state index is 0.0928. The van der Waals surface area contributed by atoms with Crippen LogP contribution in [0.3, 0.4) is 0 Å². The van der Waals surface area contributed by atoms with Crippen LogP contribution in [-0.2, 0) is 0 Å². The molecule has 0 spiro atoms. The summed E-state index contributed by atoms with van der Waals surface area (Å²) in [7, 11) is 0. The Morgan fingerprint density at radius 2 is 2.17 bits per heavy atom. The van der Waals surface area contributed by atoms with E-state index in [4.69, 9.17) is 4.74 Å². The number of aromatic nitrogens is 2. The highest BCUT2D eigenvalue weighted by Gasteiger charge is 2.22. The molecule has 0 bridgehead atoms. The van der Waals surface area contributed by atoms with Crippen molar-refractivity contribution < 1.29 is 9.13 Å². The highest BCUT2D eigenvalue weighted by atomic mass is 19.1. The maximum atomic E-state index is 12.8. The van der Waals surface area contributed by atoms with E-state index in [9.17, 15) is 9.18 Å². The van der Waals surface area contributed by atoms with Crippen LogP contribution in [0.15, 0.2) is 41.5 Å². The van der Waals surface area contributed by atoms with Crippen molar-refractivity contribution in [3.63, 3.8) is 0 Å². The molecule has 3 rings (SSSR count). The van der Waals surface area contributed by atoms with E-state index in [1.807, 2.05) is 0 Å². The summed E-state index contributed by atoms with van der Waals surface area (Å²) >= 11 is 0. The third-order valence-electron chi connectivity index (χ3n) is 4.32. The molecular weight excluding hydrogens is 309 g/mol. The summed E-state index contributed by atoms with van der Waals surface area (Å²) in [5.41, 5.74) is 0.788.